The zero-order valence-corrected chi connectivity index (χ0v) is 14.3. The van der Waals surface area contributed by atoms with Crippen molar-refractivity contribution in [3.05, 3.63) is 59.8 Å². The molecule has 2 N–H and O–H groups in total. The van der Waals surface area contributed by atoms with Crippen LogP contribution in [0.3, 0.4) is 0 Å². The van der Waals surface area contributed by atoms with Crippen LogP contribution in [0.25, 0.3) is 22.0 Å². The molecule has 0 amide bonds. The van der Waals surface area contributed by atoms with Gasteiger partial charge < -0.3 is 10.2 Å². The number of halogens is 3. The first kappa shape index (κ1) is 19.3. The van der Waals surface area contributed by atoms with E-state index < -0.39 is 47.8 Å². The molecule has 5 nitrogen and oxygen atoms in total. The fourth-order valence-corrected chi connectivity index (χ4v) is 2.97. The first-order valence-corrected chi connectivity index (χ1v) is 8.23. The van der Waals surface area contributed by atoms with Crippen molar-refractivity contribution in [3.8, 4) is 16.9 Å². The van der Waals surface area contributed by atoms with Gasteiger partial charge in [-0.15, -0.1) is 0 Å². The number of aliphatic carboxylic acids is 1. The van der Waals surface area contributed by atoms with Crippen molar-refractivity contribution >= 4 is 22.7 Å². The molecular weight excluding hydrogens is 375 g/mol. The summed E-state index contributed by atoms with van der Waals surface area (Å²) in [6, 6.07) is 12.6. The first-order chi connectivity index (χ1) is 13.2. The summed E-state index contributed by atoms with van der Waals surface area (Å²) in [5.74, 6) is -3.55. The van der Waals surface area contributed by atoms with Gasteiger partial charge in [-0.3, -0.25) is 9.59 Å². The molecule has 0 radical (unpaired) electrons. The molecule has 0 aliphatic rings. The van der Waals surface area contributed by atoms with E-state index in [0.717, 1.165) is 0 Å². The second-order valence-corrected chi connectivity index (χ2v) is 6.06. The van der Waals surface area contributed by atoms with E-state index >= 15 is 0 Å². The third-order valence-corrected chi connectivity index (χ3v) is 4.18. The van der Waals surface area contributed by atoms with E-state index in [1.165, 1.54) is 18.2 Å². The van der Waals surface area contributed by atoms with Crippen molar-refractivity contribution in [1.82, 2.24) is 4.98 Å². The van der Waals surface area contributed by atoms with E-state index in [2.05, 4.69) is 4.98 Å². The van der Waals surface area contributed by atoms with Gasteiger partial charge in [0.2, 0.25) is 0 Å². The van der Waals surface area contributed by atoms with E-state index in [1.54, 1.807) is 30.3 Å². The number of rotatable bonds is 5. The quantitative estimate of drug-likeness (QED) is 0.619. The second-order valence-electron chi connectivity index (χ2n) is 6.06. The number of benzene rings is 2. The molecular formula is C20H14F3NO4. The van der Waals surface area contributed by atoms with E-state index in [-0.39, 0.29) is 16.5 Å². The Balaban J connectivity index is 2.31. The molecule has 0 saturated heterocycles. The number of carboxylic acids is 1. The molecule has 0 aliphatic heterocycles. The van der Waals surface area contributed by atoms with Crippen LogP contribution in [0, 0.1) is 0 Å². The highest BCUT2D eigenvalue weighted by Gasteiger charge is 2.39. The average molecular weight is 389 g/mol. The van der Waals surface area contributed by atoms with Crippen molar-refractivity contribution in [2.75, 3.05) is 0 Å². The highest BCUT2D eigenvalue weighted by molar-refractivity contribution is 6.05. The molecule has 2 aromatic carbocycles. The molecule has 0 atom stereocenters. The maximum atomic E-state index is 13.8. The Morgan fingerprint density at radius 2 is 1.64 bits per heavy atom. The van der Waals surface area contributed by atoms with E-state index in [0.29, 0.717) is 5.56 Å². The third kappa shape index (κ3) is 3.66. The van der Waals surface area contributed by atoms with Gasteiger partial charge in [-0.1, -0.05) is 42.5 Å². The van der Waals surface area contributed by atoms with Crippen LogP contribution in [0.2, 0.25) is 0 Å². The number of hydrogen-bond acceptors (Lipinski definition) is 4. The van der Waals surface area contributed by atoms with Gasteiger partial charge in [0.05, 0.1) is 11.9 Å². The van der Waals surface area contributed by atoms with Crippen molar-refractivity contribution in [1.29, 1.82) is 0 Å². The molecule has 3 rings (SSSR count). The zero-order chi connectivity index (χ0) is 20.5. The van der Waals surface area contributed by atoms with Crippen LogP contribution in [0.15, 0.2) is 48.5 Å². The molecule has 0 aliphatic carbocycles. The summed E-state index contributed by atoms with van der Waals surface area (Å²) in [6.45, 7) is 0. The minimum Gasteiger partial charge on any atom is -0.505 e. The monoisotopic (exact) mass is 389 g/mol. The molecule has 1 heterocycles. The van der Waals surface area contributed by atoms with Crippen LogP contribution < -0.4 is 0 Å². The molecule has 0 fully saturated rings. The first-order valence-electron chi connectivity index (χ1n) is 8.23. The zero-order valence-electron chi connectivity index (χ0n) is 14.3. The van der Waals surface area contributed by atoms with Gasteiger partial charge in [0.1, 0.15) is 11.3 Å². The molecule has 28 heavy (non-hydrogen) atoms. The number of alkyl halides is 3. The minimum absolute atomic E-state index is 0.120. The summed E-state index contributed by atoms with van der Waals surface area (Å²) in [6.07, 6.45) is -6.11. The normalized spacial score (nSPS) is 11.5. The summed E-state index contributed by atoms with van der Waals surface area (Å²) >= 11 is 0. The number of pyridine rings is 1. The number of Topliss-reactive ketones (excluding diaryl/α,β-unsaturated/α-hetero) is 1. The van der Waals surface area contributed by atoms with Gasteiger partial charge >= 0.3 is 12.1 Å². The topological polar surface area (TPSA) is 87.5 Å². The fraction of sp³-hybridized carbons (Fsp3) is 0.150. The molecule has 8 heteroatoms. The van der Waals surface area contributed by atoms with Crippen LogP contribution >= 0.6 is 0 Å². The van der Waals surface area contributed by atoms with E-state index in [1.807, 2.05) is 0 Å². The number of carbonyl (C=O) groups excluding carboxylic acids is 1. The average Bonchev–Trinajstić information content (AvgIpc) is 2.64. The van der Waals surface area contributed by atoms with Crippen LogP contribution in [0.5, 0.6) is 5.75 Å². The summed E-state index contributed by atoms with van der Waals surface area (Å²) in [4.78, 5) is 26.8. The number of aromatic hydroxyl groups is 1. The minimum atomic E-state index is -4.96. The Morgan fingerprint density at radius 3 is 2.25 bits per heavy atom. The largest absolute Gasteiger partial charge is 0.505 e. The summed E-state index contributed by atoms with van der Waals surface area (Å²) in [5, 5.41) is 18.6. The standard InChI is InChI=1S/C20H14F3NO4/c21-20(22,23)17-16-12(11-5-2-1-3-6-11)7-4-8-13(16)24-18(19(17)28)14(25)9-10-15(26)27/h1-8,28H,9-10H2,(H,26,27). The number of aromatic nitrogens is 1. The number of hydrogen-bond donors (Lipinski definition) is 2. The Kier molecular flexibility index (Phi) is 5.04. The SMILES string of the molecule is O=C(O)CCC(=O)c1nc2cccc(-c3ccccc3)c2c(C(F)(F)F)c1O. The maximum Gasteiger partial charge on any atom is 0.420 e. The number of carbonyl (C=O) groups is 2. The van der Waals surface area contributed by atoms with Crippen LogP contribution in [0.4, 0.5) is 13.2 Å². The highest BCUT2D eigenvalue weighted by atomic mass is 19.4. The Hall–Kier alpha value is -3.42. The van der Waals surface area contributed by atoms with Crippen molar-refractivity contribution in [3.63, 3.8) is 0 Å². The lowest BCUT2D eigenvalue weighted by atomic mass is 9.94. The highest BCUT2D eigenvalue weighted by Crippen LogP contribution is 2.45. The number of carboxylic acid groups (broad SMARTS) is 1. The fourth-order valence-electron chi connectivity index (χ4n) is 2.97. The maximum absolute atomic E-state index is 13.8. The lowest BCUT2D eigenvalue weighted by Crippen LogP contribution is -2.13. The Labute approximate surface area is 157 Å². The Morgan fingerprint density at radius 1 is 0.964 bits per heavy atom. The van der Waals surface area contributed by atoms with Crippen LogP contribution in [0.1, 0.15) is 28.9 Å². The molecule has 0 spiro atoms. The number of fused-ring (bicyclic) bond motifs is 1. The summed E-state index contributed by atoms with van der Waals surface area (Å²) in [5.41, 5.74) is -1.57. The lowest BCUT2D eigenvalue weighted by molar-refractivity contribution is -0.138. The van der Waals surface area contributed by atoms with Gasteiger partial charge in [-0.25, -0.2) is 4.98 Å². The smallest absolute Gasteiger partial charge is 0.420 e. The van der Waals surface area contributed by atoms with Gasteiger partial charge in [0, 0.05) is 11.8 Å². The molecule has 0 bridgehead atoms. The Bertz CT molecular complexity index is 1060. The summed E-state index contributed by atoms with van der Waals surface area (Å²) < 4.78 is 41.5. The molecule has 0 saturated carbocycles. The molecule has 3 aromatic rings. The van der Waals surface area contributed by atoms with Gasteiger partial charge in [-0.2, -0.15) is 13.2 Å². The molecule has 144 valence electrons. The van der Waals surface area contributed by atoms with Gasteiger partial charge in [0.15, 0.2) is 11.5 Å². The lowest BCUT2D eigenvalue weighted by Gasteiger charge is -2.17. The van der Waals surface area contributed by atoms with Crippen molar-refractivity contribution in [2.45, 2.75) is 19.0 Å². The third-order valence-electron chi connectivity index (χ3n) is 4.18. The van der Waals surface area contributed by atoms with Crippen molar-refractivity contribution in [2.24, 2.45) is 0 Å². The molecule has 0 unspecified atom stereocenters. The predicted octanol–water partition coefficient (Wildman–Crippen LogP) is 4.67. The van der Waals surface area contributed by atoms with Gasteiger partial charge in [-0.05, 0) is 17.2 Å². The van der Waals surface area contributed by atoms with Gasteiger partial charge in [0.25, 0.3) is 0 Å². The second kappa shape index (κ2) is 7.30. The van der Waals surface area contributed by atoms with E-state index in [9.17, 15) is 27.9 Å². The summed E-state index contributed by atoms with van der Waals surface area (Å²) in [7, 11) is 0. The number of ketones is 1. The predicted molar refractivity (Wildman–Crippen MR) is 95.0 cm³/mol. The molecule has 1 aromatic heterocycles. The number of nitrogens with zero attached hydrogens (tertiary/aromatic N) is 1. The van der Waals surface area contributed by atoms with Crippen LogP contribution in [-0.2, 0) is 11.0 Å². The van der Waals surface area contributed by atoms with Crippen molar-refractivity contribution < 1.29 is 33.0 Å². The van der Waals surface area contributed by atoms with Crippen LogP contribution in [-0.4, -0.2) is 26.9 Å². The van der Waals surface area contributed by atoms with E-state index in [4.69, 9.17) is 5.11 Å².